The molecule has 0 aliphatic heterocycles. The van der Waals surface area contributed by atoms with Gasteiger partial charge in [-0.15, -0.1) is 0 Å². The number of halogens is 2. The lowest BCUT2D eigenvalue weighted by Gasteiger charge is -2.33. The fourth-order valence-corrected chi connectivity index (χ4v) is 1.86. The van der Waals surface area contributed by atoms with E-state index in [1.807, 2.05) is 6.07 Å². The quantitative estimate of drug-likeness (QED) is 0.879. The first-order valence-corrected chi connectivity index (χ1v) is 5.63. The Labute approximate surface area is 103 Å². The van der Waals surface area contributed by atoms with E-state index in [1.165, 1.54) is 12.1 Å². The summed E-state index contributed by atoms with van der Waals surface area (Å²) in [6.07, 6.45) is 1.99. The fraction of sp³-hybridized carbons (Fsp3) is 0.333. The molecule has 0 atom stereocenters. The number of anilines is 1. The number of amides is 1. The predicted octanol–water partition coefficient (Wildman–Crippen LogP) is 3.11. The Hall–Kier alpha value is -1.60. The second kappa shape index (κ2) is 4.34. The summed E-state index contributed by atoms with van der Waals surface area (Å²) in [4.78, 5) is 11.9. The van der Waals surface area contributed by atoms with Crippen molar-refractivity contribution in [2.45, 2.75) is 19.3 Å². The van der Waals surface area contributed by atoms with Crippen LogP contribution in [0, 0.1) is 22.6 Å². The highest BCUT2D eigenvalue weighted by Gasteiger charge is 2.44. The van der Waals surface area contributed by atoms with Gasteiger partial charge >= 0.3 is 0 Å². The second-order valence-electron chi connectivity index (χ2n) is 4.13. The lowest BCUT2D eigenvalue weighted by molar-refractivity contribution is -0.126. The van der Waals surface area contributed by atoms with Gasteiger partial charge in [-0.05, 0) is 37.5 Å². The molecule has 0 unspecified atom stereocenters. The summed E-state index contributed by atoms with van der Waals surface area (Å²) in [5, 5.41) is 11.5. The van der Waals surface area contributed by atoms with Gasteiger partial charge in [-0.3, -0.25) is 4.79 Å². The van der Waals surface area contributed by atoms with Crippen LogP contribution in [-0.2, 0) is 4.79 Å². The van der Waals surface area contributed by atoms with Crippen LogP contribution in [0.15, 0.2) is 18.2 Å². The fourth-order valence-electron chi connectivity index (χ4n) is 1.74. The zero-order chi connectivity index (χ0) is 12.5. The molecule has 1 aliphatic rings. The molecule has 3 nitrogen and oxygen atoms in total. The topological polar surface area (TPSA) is 52.9 Å². The van der Waals surface area contributed by atoms with Gasteiger partial charge in [-0.25, -0.2) is 4.39 Å². The Morgan fingerprint density at radius 3 is 2.71 bits per heavy atom. The average molecular weight is 253 g/mol. The van der Waals surface area contributed by atoms with E-state index in [9.17, 15) is 9.18 Å². The van der Waals surface area contributed by atoms with Gasteiger partial charge in [-0.1, -0.05) is 11.6 Å². The first kappa shape index (κ1) is 11.9. The Bertz CT molecular complexity index is 506. The number of benzene rings is 1. The molecule has 17 heavy (non-hydrogen) atoms. The summed E-state index contributed by atoms with van der Waals surface area (Å²) in [5.41, 5.74) is -0.616. The molecule has 0 spiro atoms. The van der Waals surface area contributed by atoms with Gasteiger partial charge in [0.05, 0.1) is 11.1 Å². The van der Waals surface area contributed by atoms with E-state index in [-0.39, 0.29) is 10.9 Å². The van der Waals surface area contributed by atoms with E-state index in [0.29, 0.717) is 18.5 Å². The van der Waals surface area contributed by atoms with E-state index in [1.54, 1.807) is 0 Å². The van der Waals surface area contributed by atoms with Crippen molar-refractivity contribution in [1.82, 2.24) is 0 Å². The van der Waals surface area contributed by atoms with Crippen molar-refractivity contribution in [3.05, 3.63) is 29.0 Å². The Balaban J connectivity index is 2.13. The van der Waals surface area contributed by atoms with Crippen molar-refractivity contribution in [2.75, 3.05) is 5.32 Å². The lowest BCUT2D eigenvalue weighted by atomic mass is 9.69. The normalized spacial score (nSPS) is 16.8. The predicted molar refractivity (Wildman–Crippen MR) is 61.9 cm³/mol. The van der Waals surface area contributed by atoms with Crippen molar-refractivity contribution in [1.29, 1.82) is 5.26 Å². The number of nitriles is 1. The third-order valence-electron chi connectivity index (χ3n) is 3.03. The lowest BCUT2D eigenvalue weighted by Crippen LogP contribution is -2.40. The van der Waals surface area contributed by atoms with Gasteiger partial charge in [0.1, 0.15) is 11.2 Å². The molecule has 5 heteroatoms. The van der Waals surface area contributed by atoms with Crippen LogP contribution >= 0.6 is 11.6 Å². The molecule has 0 radical (unpaired) electrons. The number of nitrogens with zero attached hydrogens (tertiary/aromatic N) is 1. The van der Waals surface area contributed by atoms with Crippen LogP contribution in [-0.4, -0.2) is 5.91 Å². The maximum absolute atomic E-state index is 13.2. The van der Waals surface area contributed by atoms with Gasteiger partial charge < -0.3 is 5.32 Å². The first-order chi connectivity index (χ1) is 8.07. The summed E-state index contributed by atoms with van der Waals surface area (Å²) in [5.74, 6) is -0.961. The van der Waals surface area contributed by atoms with Crippen LogP contribution in [0.2, 0.25) is 5.02 Å². The monoisotopic (exact) mass is 252 g/mol. The minimum absolute atomic E-state index is 0.00152. The minimum atomic E-state index is -0.934. The molecule has 1 fully saturated rings. The zero-order valence-electron chi connectivity index (χ0n) is 8.96. The Kier molecular flexibility index (Phi) is 3.03. The third kappa shape index (κ3) is 2.11. The molecule has 2 rings (SSSR count). The maximum Gasteiger partial charge on any atom is 0.244 e. The molecule has 0 bridgehead atoms. The highest BCUT2D eigenvalue weighted by Crippen LogP contribution is 2.41. The zero-order valence-corrected chi connectivity index (χ0v) is 9.72. The van der Waals surface area contributed by atoms with Crippen molar-refractivity contribution >= 4 is 23.2 Å². The van der Waals surface area contributed by atoms with Crippen molar-refractivity contribution in [3.8, 4) is 6.07 Å². The summed E-state index contributed by atoms with van der Waals surface area (Å²) >= 11 is 5.53. The van der Waals surface area contributed by atoms with Crippen molar-refractivity contribution in [3.63, 3.8) is 0 Å². The third-order valence-corrected chi connectivity index (χ3v) is 3.34. The molecular formula is C12H10ClFN2O. The van der Waals surface area contributed by atoms with Crippen LogP contribution in [0.3, 0.4) is 0 Å². The summed E-state index contributed by atoms with van der Waals surface area (Å²) in [6.45, 7) is 0. The first-order valence-electron chi connectivity index (χ1n) is 5.25. The highest BCUT2D eigenvalue weighted by molar-refractivity contribution is 6.30. The van der Waals surface area contributed by atoms with Crippen LogP contribution in [0.4, 0.5) is 10.1 Å². The molecule has 0 aromatic heterocycles. The molecule has 1 aromatic carbocycles. The van der Waals surface area contributed by atoms with E-state index in [4.69, 9.17) is 16.9 Å². The Morgan fingerprint density at radius 1 is 1.53 bits per heavy atom. The van der Waals surface area contributed by atoms with Gasteiger partial charge in [0.15, 0.2) is 0 Å². The van der Waals surface area contributed by atoms with Gasteiger partial charge in [0, 0.05) is 5.69 Å². The Morgan fingerprint density at radius 2 is 2.24 bits per heavy atom. The number of hydrogen-bond acceptors (Lipinski definition) is 2. The molecule has 1 amide bonds. The molecule has 1 aliphatic carbocycles. The van der Waals surface area contributed by atoms with Crippen LogP contribution in [0.25, 0.3) is 0 Å². The molecule has 0 heterocycles. The van der Waals surface area contributed by atoms with Crippen LogP contribution in [0.5, 0.6) is 0 Å². The van der Waals surface area contributed by atoms with Crippen LogP contribution in [0.1, 0.15) is 19.3 Å². The van der Waals surface area contributed by atoms with Gasteiger partial charge in [-0.2, -0.15) is 5.26 Å². The number of hydrogen-bond donors (Lipinski definition) is 1. The molecule has 0 saturated heterocycles. The van der Waals surface area contributed by atoms with Gasteiger partial charge in [0.2, 0.25) is 5.91 Å². The average Bonchev–Trinajstić information content (AvgIpc) is 2.23. The van der Waals surface area contributed by atoms with E-state index < -0.39 is 11.2 Å². The molecule has 1 saturated carbocycles. The van der Waals surface area contributed by atoms with Crippen LogP contribution < -0.4 is 5.32 Å². The number of carbonyl (C=O) groups excluding carboxylic acids is 1. The SMILES string of the molecule is N#CC1(C(=O)Nc2ccc(Cl)c(F)c2)CCC1. The van der Waals surface area contributed by atoms with Crippen molar-refractivity contribution < 1.29 is 9.18 Å². The summed E-state index contributed by atoms with van der Waals surface area (Å²) in [6, 6.07) is 6.05. The maximum atomic E-state index is 13.2. The van der Waals surface area contributed by atoms with Crippen molar-refractivity contribution in [2.24, 2.45) is 5.41 Å². The smallest absolute Gasteiger partial charge is 0.244 e. The molecule has 88 valence electrons. The molecule has 1 N–H and O–H groups in total. The van der Waals surface area contributed by atoms with E-state index in [2.05, 4.69) is 5.32 Å². The second-order valence-corrected chi connectivity index (χ2v) is 4.54. The van der Waals surface area contributed by atoms with Gasteiger partial charge in [0.25, 0.3) is 0 Å². The molecular weight excluding hydrogens is 243 g/mol. The number of rotatable bonds is 2. The number of carbonyl (C=O) groups is 1. The standard InChI is InChI=1S/C12H10ClFN2O/c13-9-3-2-8(6-10(9)14)16-11(17)12(7-15)4-1-5-12/h2-3,6H,1,4-5H2,(H,16,17). The largest absolute Gasteiger partial charge is 0.325 e. The minimum Gasteiger partial charge on any atom is -0.325 e. The summed E-state index contributed by atoms with van der Waals surface area (Å²) < 4.78 is 13.2. The number of nitrogens with one attached hydrogen (secondary N) is 1. The summed E-state index contributed by atoms with van der Waals surface area (Å²) in [7, 11) is 0. The van der Waals surface area contributed by atoms with E-state index in [0.717, 1.165) is 12.5 Å². The highest BCUT2D eigenvalue weighted by atomic mass is 35.5. The van der Waals surface area contributed by atoms with E-state index >= 15 is 0 Å². The molecule has 1 aromatic rings.